The zero-order chi connectivity index (χ0) is 24.6. The van der Waals surface area contributed by atoms with Gasteiger partial charge in [0, 0.05) is 18.3 Å². The van der Waals surface area contributed by atoms with Crippen molar-refractivity contribution in [1.82, 2.24) is 10.3 Å². The van der Waals surface area contributed by atoms with E-state index in [-0.39, 0.29) is 22.5 Å². The van der Waals surface area contributed by atoms with Gasteiger partial charge in [0.1, 0.15) is 11.9 Å². The predicted octanol–water partition coefficient (Wildman–Crippen LogP) is 5.86. The highest BCUT2D eigenvalue weighted by Crippen LogP contribution is 2.31. The molecule has 1 N–H and O–H groups in total. The Morgan fingerprint density at radius 2 is 1.86 bits per heavy atom. The summed E-state index contributed by atoms with van der Waals surface area (Å²) in [5, 5.41) is 1.77. The number of fused-ring (bicyclic) bond motifs is 1. The van der Waals surface area contributed by atoms with Crippen LogP contribution in [0.2, 0.25) is 0 Å². The Morgan fingerprint density at radius 3 is 2.54 bits per heavy atom. The van der Waals surface area contributed by atoms with E-state index in [2.05, 4.69) is 66.6 Å². The molecule has 6 heteroatoms. The number of hydrogen-bond donors (Lipinski definition) is 1. The van der Waals surface area contributed by atoms with Crippen LogP contribution in [0.25, 0.3) is 0 Å². The maximum absolute atomic E-state index is 11.7. The normalized spacial score (nSPS) is 18.7. The number of aromatic nitrogens is 1. The van der Waals surface area contributed by atoms with Crippen molar-refractivity contribution in [3.8, 4) is 5.75 Å². The highest BCUT2D eigenvalue weighted by Gasteiger charge is 2.31. The number of thioether (sulfide) groups is 1. The van der Waals surface area contributed by atoms with Gasteiger partial charge in [-0.15, -0.1) is 0 Å². The van der Waals surface area contributed by atoms with E-state index in [1.54, 1.807) is 0 Å². The quantitative estimate of drug-likeness (QED) is 0.471. The molecule has 2 aliphatic rings. The van der Waals surface area contributed by atoms with Gasteiger partial charge in [-0.3, -0.25) is 19.9 Å². The maximum Gasteiger partial charge on any atom is 0.286 e. The third kappa shape index (κ3) is 7.18. The van der Waals surface area contributed by atoms with E-state index in [4.69, 9.17) is 4.74 Å². The Balaban J connectivity index is 0.000000243. The fraction of sp³-hybridized carbons (Fsp3) is 0.345. The van der Waals surface area contributed by atoms with Crippen LogP contribution in [0.3, 0.4) is 0 Å². The second-order valence-corrected chi connectivity index (χ2v) is 10.3. The lowest BCUT2D eigenvalue weighted by Crippen LogP contribution is -2.26. The topological polar surface area (TPSA) is 68.3 Å². The Kier molecular flexibility index (Phi) is 8.59. The van der Waals surface area contributed by atoms with E-state index in [1.165, 1.54) is 28.8 Å². The molecule has 0 spiro atoms. The number of aryl methyl sites for hydroxylation is 3. The van der Waals surface area contributed by atoms with Crippen LogP contribution in [-0.4, -0.2) is 27.5 Å². The largest absolute Gasteiger partial charge is 0.490 e. The van der Waals surface area contributed by atoms with Gasteiger partial charge in [0.15, 0.2) is 0 Å². The van der Waals surface area contributed by atoms with Crippen LogP contribution in [-0.2, 0) is 30.5 Å². The van der Waals surface area contributed by atoms with Crippen LogP contribution in [0, 0.1) is 6.92 Å². The van der Waals surface area contributed by atoms with Gasteiger partial charge in [0.2, 0.25) is 5.91 Å². The van der Waals surface area contributed by atoms with E-state index in [1.807, 2.05) is 24.4 Å². The average Bonchev–Trinajstić information content (AvgIpc) is 3.18. The molecule has 5 rings (SSSR count). The lowest BCUT2D eigenvalue weighted by Gasteiger charge is -2.27. The fourth-order valence-corrected chi connectivity index (χ4v) is 5.15. The summed E-state index contributed by atoms with van der Waals surface area (Å²) >= 11 is 1.08. The van der Waals surface area contributed by atoms with E-state index in [0.717, 1.165) is 48.8 Å². The number of pyridine rings is 1. The van der Waals surface area contributed by atoms with Crippen molar-refractivity contribution < 1.29 is 14.3 Å². The summed E-state index contributed by atoms with van der Waals surface area (Å²) in [6, 6.07) is 20.7. The number of amides is 2. The molecule has 0 bridgehead atoms. The van der Waals surface area contributed by atoms with Gasteiger partial charge in [-0.1, -0.05) is 73.6 Å². The van der Waals surface area contributed by atoms with Crippen LogP contribution in [0.15, 0.2) is 66.9 Å². The summed E-state index contributed by atoms with van der Waals surface area (Å²) in [5.74, 6) is 0.752. The lowest BCUT2D eigenvalue weighted by molar-refractivity contribution is -0.118. The van der Waals surface area contributed by atoms with E-state index in [9.17, 15) is 9.59 Å². The number of ether oxygens (including phenoxy) is 1. The zero-order valence-corrected chi connectivity index (χ0v) is 21.1. The van der Waals surface area contributed by atoms with E-state index in [0.29, 0.717) is 6.42 Å². The van der Waals surface area contributed by atoms with E-state index >= 15 is 0 Å². The molecule has 2 amide bonds. The molecule has 0 aliphatic carbocycles. The number of rotatable bonds is 6. The van der Waals surface area contributed by atoms with Gasteiger partial charge in [0.05, 0.1) is 5.25 Å². The smallest absolute Gasteiger partial charge is 0.286 e. The minimum absolute atomic E-state index is 0.188. The molecule has 3 aromatic rings. The van der Waals surface area contributed by atoms with Crippen LogP contribution in [0.4, 0.5) is 4.79 Å². The minimum Gasteiger partial charge on any atom is -0.490 e. The Hall–Kier alpha value is -3.12. The molecule has 2 atom stereocenters. The summed E-state index contributed by atoms with van der Waals surface area (Å²) in [5.41, 5.74) is 6.00. The van der Waals surface area contributed by atoms with Gasteiger partial charge in [-0.05, 0) is 67.0 Å². The molecule has 1 aromatic heterocycles. The minimum atomic E-state index is -0.319. The Bertz CT molecular complexity index is 1150. The number of nitrogens with zero attached hydrogens (tertiary/aromatic N) is 1. The molecular weight excluding hydrogens is 456 g/mol. The molecule has 2 aromatic carbocycles. The molecule has 0 radical (unpaired) electrons. The fourth-order valence-electron chi connectivity index (χ4n) is 4.29. The molecule has 1 fully saturated rings. The SMILES string of the molecule is CCCc1ccc(C)cn1.O=C1NC(=O)C(Cc2ccc3c(c2)CCC(Cc2ccccc2)O3)S1. The molecule has 5 nitrogen and oxygen atoms in total. The predicted molar refractivity (Wildman–Crippen MR) is 141 cm³/mol. The summed E-state index contributed by atoms with van der Waals surface area (Å²) in [6.45, 7) is 4.23. The van der Waals surface area contributed by atoms with Crippen LogP contribution >= 0.6 is 11.8 Å². The average molecular weight is 489 g/mol. The van der Waals surface area contributed by atoms with Crippen molar-refractivity contribution in [2.75, 3.05) is 0 Å². The van der Waals surface area contributed by atoms with Crippen LogP contribution < -0.4 is 10.1 Å². The van der Waals surface area contributed by atoms with Gasteiger partial charge >= 0.3 is 0 Å². The standard InChI is InChI=1S/C20H19NO3S.C9H13N/c22-19-18(25-20(23)21-19)12-14-6-9-17-15(10-14)7-8-16(24-17)11-13-4-2-1-3-5-13;1-3-4-9-6-5-8(2)7-10-9/h1-6,9-10,16,18H,7-8,11-12H2,(H,21,22,23);5-7H,3-4H2,1-2H3. The van der Waals surface area contributed by atoms with Crippen molar-refractivity contribution >= 4 is 22.9 Å². The zero-order valence-electron chi connectivity index (χ0n) is 20.3. The second-order valence-electron chi connectivity index (χ2n) is 9.07. The monoisotopic (exact) mass is 488 g/mol. The number of carbonyl (C=O) groups is 2. The van der Waals surface area contributed by atoms with E-state index < -0.39 is 0 Å². The molecule has 2 aliphatic heterocycles. The number of hydrogen-bond acceptors (Lipinski definition) is 5. The van der Waals surface area contributed by atoms with Gasteiger partial charge in [-0.25, -0.2) is 0 Å². The summed E-state index contributed by atoms with van der Waals surface area (Å²) in [6.07, 6.45) is 7.86. The van der Waals surface area contributed by atoms with Gasteiger partial charge in [0.25, 0.3) is 5.24 Å². The molecule has 182 valence electrons. The number of benzene rings is 2. The Labute approximate surface area is 211 Å². The molecule has 1 saturated heterocycles. The second kappa shape index (κ2) is 12.0. The molecule has 2 unspecified atom stereocenters. The van der Waals surface area contributed by atoms with Gasteiger partial charge in [-0.2, -0.15) is 0 Å². The first-order valence-electron chi connectivity index (χ1n) is 12.3. The summed E-state index contributed by atoms with van der Waals surface area (Å²) in [4.78, 5) is 27.3. The van der Waals surface area contributed by atoms with Crippen LogP contribution in [0.1, 0.15) is 47.7 Å². The number of nitrogens with one attached hydrogen (secondary N) is 1. The summed E-state index contributed by atoms with van der Waals surface area (Å²) in [7, 11) is 0. The molecule has 35 heavy (non-hydrogen) atoms. The lowest BCUT2D eigenvalue weighted by atomic mass is 9.95. The highest BCUT2D eigenvalue weighted by atomic mass is 32.2. The van der Waals surface area contributed by atoms with Crippen molar-refractivity contribution in [2.45, 2.75) is 63.7 Å². The van der Waals surface area contributed by atoms with Crippen molar-refractivity contribution in [2.24, 2.45) is 0 Å². The third-order valence-electron chi connectivity index (χ3n) is 6.13. The summed E-state index contributed by atoms with van der Waals surface area (Å²) < 4.78 is 6.16. The Morgan fingerprint density at radius 1 is 1.03 bits per heavy atom. The third-order valence-corrected chi connectivity index (χ3v) is 7.11. The molecular formula is C29H32N2O3S. The number of carbonyl (C=O) groups excluding carboxylic acids is 2. The van der Waals surface area contributed by atoms with Crippen molar-refractivity contribution in [3.05, 3.63) is 94.8 Å². The highest BCUT2D eigenvalue weighted by molar-refractivity contribution is 8.15. The van der Waals surface area contributed by atoms with Crippen molar-refractivity contribution in [3.63, 3.8) is 0 Å². The number of imide groups is 1. The molecule has 3 heterocycles. The van der Waals surface area contributed by atoms with Crippen LogP contribution in [0.5, 0.6) is 5.75 Å². The first kappa shape index (κ1) is 25.0. The first-order chi connectivity index (χ1) is 17.0. The van der Waals surface area contributed by atoms with Crippen molar-refractivity contribution in [1.29, 1.82) is 0 Å². The molecule has 0 saturated carbocycles. The van der Waals surface area contributed by atoms with Gasteiger partial charge < -0.3 is 4.74 Å². The first-order valence-corrected chi connectivity index (χ1v) is 13.1. The maximum atomic E-state index is 11.7.